The SMILES string of the molecule is CCCn1ncnc1CC(CC1=CCCCC1)NCC. The zero-order valence-electron chi connectivity index (χ0n) is 12.9. The van der Waals surface area contributed by atoms with Crippen molar-refractivity contribution in [1.29, 1.82) is 0 Å². The topological polar surface area (TPSA) is 42.7 Å². The van der Waals surface area contributed by atoms with Crippen LogP contribution in [0.2, 0.25) is 0 Å². The number of rotatable bonds is 8. The van der Waals surface area contributed by atoms with Crippen molar-refractivity contribution >= 4 is 0 Å². The Kier molecular flexibility index (Phi) is 6.25. The van der Waals surface area contributed by atoms with Crippen LogP contribution >= 0.6 is 0 Å². The maximum absolute atomic E-state index is 4.44. The van der Waals surface area contributed by atoms with E-state index in [1.54, 1.807) is 11.9 Å². The van der Waals surface area contributed by atoms with E-state index in [0.717, 1.165) is 38.2 Å². The molecule has 0 spiro atoms. The van der Waals surface area contributed by atoms with Crippen LogP contribution in [0.25, 0.3) is 0 Å². The number of nitrogens with one attached hydrogen (secondary N) is 1. The summed E-state index contributed by atoms with van der Waals surface area (Å²) in [6.45, 7) is 6.34. The van der Waals surface area contributed by atoms with Gasteiger partial charge in [0, 0.05) is 19.0 Å². The molecular weight excluding hydrogens is 248 g/mol. The van der Waals surface area contributed by atoms with Gasteiger partial charge >= 0.3 is 0 Å². The molecule has 0 bridgehead atoms. The average Bonchev–Trinajstić information content (AvgIpc) is 2.88. The third kappa shape index (κ3) is 4.44. The Morgan fingerprint density at radius 1 is 1.30 bits per heavy atom. The Morgan fingerprint density at radius 2 is 2.20 bits per heavy atom. The lowest BCUT2D eigenvalue weighted by Crippen LogP contribution is -2.32. The van der Waals surface area contributed by atoms with Crippen molar-refractivity contribution in [2.24, 2.45) is 0 Å². The van der Waals surface area contributed by atoms with Crippen molar-refractivity contribution < 1.29 is 0 Å². The molecule has 0 aromatic carbocycles. The summed E-state index contributed by atoms with van der Waals surface area (Å²) >= 11 is 0. The van der Waals surface area contributed by atoms with E-state index >= 15 is 0 Å². The van der Waals surface area contributed by atoms with E-state index in [0.29, 0.717) is 6.04 Å². The fourth-order valence-electron chi connectivity index (χ4n) is 2.98. The Bertz CT molecular complexity index is 422. The molecule has 0 saturated heterocycles. The van der Waals surface area contributed by atoms with E-state index in [1.165, 1.54) is 25.7 Å². The number of nitrogens with zero attached hydrogens (tertiary/aromatic N) is 3. The van der Waals surface area contributed by atoms with Crippen molar-refractivity contribution in [2.45, 2.75) is 71.4 Å². The summed E-state index contributed by atoms with van der Waals surface area (Å²) in [4.78, 5) is 4.44. The fourth-order valence-corrected chi connectivity index (χ4v) is 2.98. The van der Waals surface area contributed by atoms with Crippen LogP contribution in [0.3, 0.4) is 0 Å². The third-order valence-corrected chi connectivity index (χ3v) is 3.95. The van der Waals surface area contributed by atoms with Crippen molar-refractivity contribution in [3.63, 3.8) is 0 Å². The van der Waals surface area contributed by atoms with Crippen LogP contribution in [0.4, 0.5) is 0 Å². The van der Waals surface area contributed by atoms with Crippen molar-refractivity contribution in [3.8, 4) is 0 Å². The molecule has 1 atom stereocenters. The summed E-state index contributed by atoms with van der Waals surface area (Å²) in [5.41, 5.74) is 1.63. The smallest absolute Gasteiger partial charge is 0.138 e. The molecule has 1 aliphatic rings. The van der Waals surface area contributed by atoms with E-state index in [1.807, 2.05) is 0 Å². The number of hydrogen-bond donors (Lipinski definition) is 1. The number of likely N-dealkylation sites (N-methyl/N-ethyl adjacent to an activating group) is 1. The van der Waals surface area contributed by atoms with Gasteiger partial charge in [-0.25, -0.2) is 4.98 Å². The minimum Gasteiger partial charge on any atom is -0.313 e. The summed E-state index contributed by atoms with van der Waals surface area (Å²) in [6, 6.07) is 0.490. The zero-order chi connectivity index (χ0) is 14.2. The van der Waals surface area contributed by atoms with Gasteiger partial charge in [-0.1, -0.05) is 25.5 Å². The van der Waals surface area contributed by atoms with Gasteiger partial charge in [0.2, 0.25) is 0 Å². The predicted molar refractivity (Wildman–Crippen MR) is 82.6 cm³/mol. The Labute approximate surface area is 122 Å². The lowest BCUT2D eigenvalue weighted by Gasteiger charge is -2.21. The maximum atomic E-state index is 4.44. The fraction of sp³-hybridized carbons (Fsp3) is 0.750. The maximum Gasteiger partial charge on any atom is 0.138 e. The van der Waals surface area contributed by atoms with Gasteiger partial charge in [0.1, 0.15) is 12.2 Å². The van der Waals surface area contributed by atoms with Crippen LogP contribution in [0, 0.1) is 0 Å². The molecule has 1 aromatic heterocycles. The highest BCUT2D eigenvalue weighted by Gasteiger charge is 2.15. The molecule has 0 radical (unpaired) electrons. The minimum atomic E-state index is 0.490. The molecule has 2 rings (SSSR count). The third-order valence-electron chi connectivity index (χ3n) is 3.95. The average molecular weight is 276 g/mol. The van der Waals surface area contributed by atoms with Gasteiger partial charge in [0.05, 0.1) is 0 Å². The lowest BCUT2D eigenvalue weighted by atomic mass is 9.93. The van der Waals surface area contributed by atoms with Crippen molar-refractivity contribution in [3.05, 3.63) is 23.8 Å². The first-order valence-corrected chi connectivity index (χ1v) is 8.11. The van der Waals surface area contributed by atoms with Crippen molar-refractivity contribution in [1.82, 2.24) is 20.1 Å². The summed E-state index contributed by atoms with van der Waals surface area (Å²) in [7, 11) is 0. The van der Waals surface area contributed by atoms with Crippen LogP contribution < -0.4 is 5.32 Å². The highest BCUT2D eigenvalue weighted by molar-refractivity contribution is 5.08. The van der Waals surface area contributed by atoms with Gasteiger partial charge in [-0.05, 0) is 45.1 Å². The predicted octanol–water partition coefficient (Wildman–Crippen LogP) is 3.10. The molecule has 0 amide bonds. The first-order chi connectivity index (χ1) is 9.83. The minimum absolute atomic E-state index is 0.490. The molecule has 4 nitrogen and oxygen atoms in total. The molecule has 20 heavy (non-hydrogen) atoms. The first-order valence-electron chi connectivity index (χ1n) is 8.11. The van der Waals surface area contributed by atoms with Gasteiger partial charge in [-0.15, -0.1) is 0 Å². The van der Waals surface area contributed by atoms with Crippen LogP contribution in [0.1, 0.15) is 58.2 Å². The van der Waals surface area contributed by atoms with Gasteiger partial charge < -0.3 is 5.32 Å². The standard InChI is InChI=1S/C16H28N4/c1-3-10-20-16(18-13-19-20)12-15(17-4-2)11-14-8-6-5-7-9-14/h8,13,15,17H,3-7,9-12H2,1-2H3. The summed E-state index contributed by atoms with van der Waals surface area (Å²) < 4.78 is 2.06. The summed E-state index contributed by atoms with van der Waals surface area (Å²) in [5, 5.41) is 7.94. The Morgan fingerprint density at radius 3 is 2.90 bits per heavy atom. The molecule has 0 fully saturated rings. The van der Waals surface area contributed by atoms with Crippen LogP contribution in [-0.4, -0.2) is 27.4 Å². The number of allylic oxidation sites excluding steroid dienone is 1. The van der Waals surface area contributed by atoms with Gasteiger partial charge in [0.15, 0.2) is 0 Å². The highest BCUT2D eigenvalue weighted by Crippen LogP contribution is 2.22. The van der Waals surface area contributed by atoms with E-state index < -0.39 is 0 Å². The van der Waals surface area contributed by atoms with E-state index in [2.05, 4.69) is 40.0 Å². The number of hydrogen-bond acceptors (Lipinski definition) is 3. The van der Waals surface area contributed by atoms with E-state index in [4.69, 9.17) is 0 Å². The second kappa shape index (κ2) is 8.20. The van der Waals surface area contributed by atoms with Crippen LogP contribution in [-0.2, 0) is 13.0 Å². The second-order valence-corrected chi connectivity index (χ2v) is 5.67. The van der Waals surface area contributed by atoms with E-state index in [9.17, 15) is 0 Å². The lowest BCUT2D eigenvalue weighted by molar-refractivity contribution is 0.472. The van der Waals surface area contributed by atoms with E-state index in [-0.39, 0.29) is 0 Å². The Balaban J connectivity index is 1.97. The highest BCUT2D eigenvalue weighted by atomic mass is 15.3. The Hall–Kier alpha value is -1.16. The second-order valence-electron chi connectivity index (χ2n) is 5.67. The zero-order valence-corrected chi connectivity index (χ0v) is 12.9. The monoisotopic (exact) mass is 276 g/mol. The number of aromatic nitrogens is 3. The molecule has 1 aromatic rings. The molecular formula is C16H28N4. The molecule has 1 heterocycles. The quantitative estimate of drug-likeness (QED) is 0.742. The van der Waals surface area contributed by atoms with Crippen LogP contribution in [0.5, 0.6) is 0 Å². The molecule has 1 unspecified atom stereocenters. The van der Waals surface area contributed by atoms with Gasteiger partial charge in [-0.2, -0.15) is 5.10 Å². The largest absolute Gasteiger partial charge is 0.313 e. The van der Waals surface area contributed by atoms with Crippen molar-refractivity contribution in [2.75, 3.05) is 6.54 Å². The summed E-state index contributed by atoms with van der Waals surface area (Å²) in [5.74, 6) is 1.12. The first kappa shape index (κ1) is 15.2. The van der Waals surface area contributed by atoms with Crippen LogP contribution in [0.15, 0.2) is 18.0 Å². The molecule has 0 saturated carbocycles. The number of aryl methyl sites for hydroxylation is 1. The van der Waals surface area contributed by atoms with Gasteiger partial charge in [-0.3, -0.25) is 4.68 Å². The molecule has 1 aliphatic carbocycles. The van der Waals surface area contributed by atoms with Gasteiger partial charge in [0.25, 0.3) is 0 Å². The normalized spacial score (nSPS) is 17.0. The molecule has 4 heteroatoms. The molecule has 0 aliphatic heterocycles. The molecule has 1 N–H and O–H groups in total. The molecule has 112 valence electrons. The summed E-state index contributed by atoms with van der Waals surface area (Å²) in [6.07, 6.45) is 12.6.